The summed E-state index contributed by atoms with van der Waals surface area (Å²) in [5.41, 5.74) is 0.855. The van der Waals surface area contributed by atoms with Crippen molar-refractivity contribution in [2.45, 2.75) is 117 Å². The molecule has 0 spiro atoms. The highest BCUT2D eigenvalue weighted by Crippen LogP contribution is 2.73. The van der Waals surface area contributed by atoms with Gasteiger partial charge in [0.2, 0.25) is 0 Å². The van der Waals surface area contributed by atoms with Crippen molar-refractivity contribution in [1.82, 2.24) is 5.16 Å². The summed E-state index contributed by atoms with van der Waals surface area (Å²) in [5.74, 6) is 3.39. The lowest BCUT2D eigenvalue weighted by Gasteiger charge is -2.70. The van der Waals surface area contributed by atoms with Gasteiger partial charge in [-0.15, -0.1) is 0 Å². The molecule has 4 fully saturated rings. The predicted molar refractivity (Wildman–Crippen MR) is 132 cm³/mol. The van der Waals surface area contributed by atoms with Gasteiger partial charge in [-0.25, -0.2) is 0 Å². The van der Waals surface area contributed by atoms with E-state index in [0.717, 1.165) is 37.9 Å². The van der Waals surface area contributed by atoms with Gasteiger partial charge in [0, 0.05) is 23.3 Å². The van der Waals surface area contributed by atoms with Gasteiger partial charge in [-0.1, -0.05) is 53.6 Å². The first-order valence-electron chi connectivity index (χ1n) is 14.0. The Hall–Kier alpha value is -1.16. The van der Waals surface area contributed by atoms with Crippen LogP contribution in [0.15, 0.2) is 10.7 Å². The maximum absolute atomic E-state index is 14.2. The zero-order valence-corrected chi connectivity index (χ0v) is 22.4. The molecule has 0 aromatic carbocycles. The first-order valence-corrected chi connectivity index (χ1v) is 14.0. The van der Waals surface area contributed by atoms with Crippen LogP contribution in [-0.2, 0) is 10.2 Å². The third-order valence-electron chi connectivity index (χ3n) is 12.8. The molecular formula is C30H45NO3. The van der Waals surface area contributed by atoms with E-state index in [1.165, 1.54) is 18.4 Å². The van der Waals surface area contributed by atoms with Gasteiger partial charge in [-0.2, -0.15) is 0 Å². The summed E-state index contributed by atoms with van der Waals surface area (Å²) in [7, 11) is 0. The van der Waals surface area contributed by atoms with E-state index in [0.29, 0.717) is 35.9 Å². The normalized spacial score (nSPS) is 50.9. The third kappa shape index (κ3) is 2.70. The Morgan fingerprint density at radius 3 is 2.38 bits per heavy atom. The Labute approximate surface area is 205 Å². The van der Waals surface area contributed by atoms with Crippen LogP contribution in [0.5, 0.6) is 0 Å². The Bertz CT molecular complexity index is 1020. The number of aliphatic hydroxyl groups is 1. The number of carbonyl (C=O) groups is 1. The van der Waals surface area contributed by atoms with Crippen molar-refractivity contribution in [3.05, 3.63) is 17.5 Å². The minimum absolute atomic E-state index is 0.00156. The first-order chi connectivity index (χ1) is 15.8. The van der Waals surface area contributed by atoms with Gasteiger partial charge in [-0.3, -0.25) is 4.79 Å². The molecule has 1 unspecified atom stereocenters. The number of carbonyl (C=O) groups excluding carboxylic acids is 1. The van der Waals surface area contributed by atoms with E-state index in [2.05, 4.69) is 53.6 Å². The molecule has 4 heteroatoms. The molecule has 6 rings (SSSR count). The smallest absolute Gasteiger partial charge is 0.146 e. The van der Waals surface area contributed by atoms with Crippen molar-refractivity contribution < 1.29 is 14.4 Å². The zero-order valence-electron chi connectivity index (χ0n) is 22.4. The lowest BCUT2D eigenvalue weighted by atomic mass is 9.34. The maximum atomic E-state index is 14.2. The standard InChI is InChI=1S/C30H45NO3/c1-17-18-16-31-34-25(18)27(4,5)19-8-9-28(6)20(23(17)19)14-22(32)24-21-15-26(2,3)10-12-30(21,33)13-11-29(24,28)7/h16-17,19-21,23-24,33H,8-15H2,1-7H3/t17?,19-,20-,21+,23+,24+,28-,29-,30+/m1/s1. The Morgan fingerprint density at radius 1 is 0.941 bits per heavy atom. The average Bonchev–Trinajstić information content (AvgIpc) is 3.25. The fourth-order valence-corrected chi connectivity index (χ4v) is 10.6. The molecule has 1 heterocycles. The van der Waals surface area contributed by atoms with Gasteiger partial charge in [0.25, 0.3) is 0 Å². The molecule has 4 saturated carbocycles. The molecule has 5 aliphatic carbocycles. The number of Topliss-reactive ketones (excluding diaryl/α,β-unsaturated/α-hetero) is 1. The van der Waals surface area contributed by atoms with Crippen LogP contribution in [0.25, 0.3) is 0 Å². The summed E-state index contributed by atoms with van der Waals surface area (Å²) >= 11 is 0. The van der Waals surface area contributed by atoms with Crippen molar-refractivity contribution in [3.8, 4) is 0 Å². The molecule has 34 heavy (non-hydrogen) atoms. The molecule has 0 bridgehead atoms. The van der Waals surface area contributed by atoms with Crippen molar-refractivity contribution in [3.63, 3.8) is 0 Å². The zero-order chi connectivity index (χ0) is 24.5. The summed E-state index contributed by atoms with van der Waals surface area (Å²) in [4.78, 5) is 14.2. The second kappa shape index (κ2) is 6.78. The molecule has 9 atom stereocenters. The van der Waals surface area contributed by atoms with Gasteiger partial charge in [0.1, 0.15) is 11.5 Å². The van der Waals surface area contributed by atoms with Gasteiger partial charge >= 0.3 is 0 Å². The van der Waals surface area contributed by atoms with Gasteiger partial charge < -0.3 is 9.63 Å². The first kappa shape index (κ1) is 23.3. The van der Waals surface area contributed by atoms with Crippen LogP contribution < -0.4 is 0 Å². The highest BCUT2D eigenvalue weighted by molar-refractivity contribution is 5.84. The monoisotopic (exact) mass is 467 g/mol. The molecule has 1 N–H and O–H groups in total. The van der Waals surface area contributed by atoms with Gasteiger partial charge in [0.05, 0.1) is 11.8 Å². The fourth-order valence-electron chi connectivity index (χ4n) is 10.6. The number of hydrogen-bond acceptors (Lipinski definition) is 4. The Kier molecular flexibility index (Phi) is 4.64. The minimum atomic E-state index is -0.646. The number of rotatable bonds is 0. The lowest BCUT2D eigenvalue weighted by Crippen LogP contribution is -2.68. The minimum Gasteiger partial charge on any atom is -0.390 e. The molecular weight excluding hydrogens is 422 g/mol. The molecule has 5 aliphatic rings. The van der Waals surface area contributed by atoms with E-state index in [4.69, 9.17) is 4.52 Å². The Morgan fingerprint density at radius 2 is 1.65 bits per heavy atom. The van der Waals surface area contributed by atoms with Gasteiger partial charge in [0.15, 0.2) is 0 Å². The summed E-state index contributed by atoms with van der Waals surface area (Å²) in [6, 6.07) is 0. The number of ketones is 1. The van der Waals surface area contributed by atoms with Gasteiger partial charge in [-0.05, 0) is 90.8 Å². The molecule has 4 nitrogen and oxygen atoms in total. The maximum Gasteiger partial charge on any atom is 0.146 e. The van der Waals surface area contributed by atoms with Crippen molar-refractivity contribution in [2.24, 2.45) is 45.8 Å². The third-order valence-corrected chi connectivity index (χ3v) is 12.8. The van der Waals surface area contributed by atoms with Crippen LogP contribution in [0.2, 0.25) is 0 Å². The van der Waals surface area contributed by atoms with E-state index in [9.17, 15) is 9.90 Å². The van der Waals surface area contributed by atoms with Crippen LogP contribution in [-0.4, -0.2) is 21.6 Å². The fraction of sp³-hybridized carbons (Fsp3) is 0.867. The van der Waals surface area contributed by atoms with Crippen LogP contribution in [0, 0.1) is 45.8 Å². The van der Waals surface area contributed by atoms with E-state index < -0.39 is 5.60 Å². The van der Waals surface area contributed by atoms with Crippen molar-refractivity contribution in [1.29, 1.82) is 0 Å². The van der Waals surface area contributed by atoms with Crippen LogP contribution in [0.4, 0.5) is 0 Å². The molecule has 0 saturated heterocycles. The summed E-state index contributed by atoms with van der Waals surface area (Å²) in [6.45, 7) is 16.7. The summed E-state index contributed by atoms with van der Waals surface area (Å²) in [5, 5.41) is 16.0. The van der Waals surface area contributed by atoms with E-state index in [-0.39, 0.29) is 33.5 Å². The largest absolute Gasteiger partial charge is 0.390 e. The van der Waals surface area contributed by atoms with E-state index in [1.807, 2.05) is 6.20 Å². The quantitative estimate of drug-likeness (QED) is 0.463. The van der Waals surface area contributed by atoms with E-state index in [1.54, 1.807) is 0 Å². The number of hydrogen-bond donors (Lipinski definition) is 1. The Balaban J connectivity index is 1.44. The highest BCUT2D eigenvalue weighted by atomic mass is 16.5. The second-order valence-electron chi connectivity index (χ2n) is 15.0. The number of fused-ring (bicyclic) bond motifs is 8. The van der Waals surface area contributed by atoms with Crippen molar-refractivity contribution in [2.75, 3.05) is 0 Å². The molecule has 1 aromatic heterocycles. The van der Waals surface area contributed by atoms with Crippen LogP contribution >= 0.6 is 0 Å². The molecule has 0 radical (unpaired) electrons. The SMILES string of the molecule is CC1c2cnoc2C(C)(C)[C@@H]2CC[C@]3(C)[C@H](CC(=O)[C@@H]4[C@@H]5CC(C)(C)CC[C@]5(O)CC[C@]43C)[C@@H]12. The molecule has 0 aliphatic heterocycles. The molecule has 0 amide bonds. The van der Waals surface area contributed by atoms with E-state index >= 15 is 0 Å². The van der Waals surface area contributed by atoms with Crippen LogP contribution in [0.1, 0.15) is 117 Å². The van der Waals surface area contributed by atoms with Crippen molar-refractivity contribution >= 4 is 5.78 Å². The van der Waals surface area contributed by atoms with Crippen LogP contribution in [0.3, 0.4) is 0 Å². The topological polar surface area (TPSA) is 63.3 Å². The highest BCUT2D eigenvalue weighted by Gasteiger charge is 2.70. The second-order valence-corrected chi connectivity index (χ2v) is 15.0. The molecule has 1 aromatic rings. The number of aromatic nitrogens is 1. The summed E-state index contributed by atoms with van der Waals surface area (Å²) < 4.78 is 5.82. The predicted octanol–water partition coefficient (Wildman–Crippen LogP) is 6.66. The number of nitrogens with zero attached hydrogens (tertiary/aromatic N) is 1. The average molecular weight is 468 g/mol. The molecule has 188 valence electrons. The lowest BCUT2D eigenvalue weighted by molar-refractivity contribution is -0.229. The summed E-state index contributed by atoms with van der Waals surface area (Å²) in [6.07, 6.45) is 9.75.